The lowest BCUT2D eigenvalue weighted by Crippen LogP contribution is -1.94. The number of hydrogen-bond donors (Lipinski definition) is 0. The monoisotopic (exact) mass is 394 g/mol. The third kappa shape index (κ3) is 9.56. The molecule has 2 rings (SSSR count). The van der Waals surface area contributed by atoms with Crippen molar-refractivity contribution in [2.75, 3.05) is 0 Å². The number of hydrogen-bond acceptors (Lipinski definition) is 2. The maximum atomic E-state index is 4.61. The van der Waals surface area contributed by atoms with Crippen molar-refractivity contribution in [2.24, 2.45) is 5.92 Å². The average molecular weight is 395 g/mol. The Balaban J connectivity index is 1.70. The molecular formula is C27H42N2. The van der Waals surface area contributed by atoms with Gasteiger partial charge in [0.2, 0.25) is 0 Å². The molecule has 0 saturated carbocycles. The van der Waals surface area contributed by atoms with Gasteiger partial charge in [0.05, 0.1) is 0 Å². The summed E-state index contributed by atoms with van der Waals surface area (Å²) in [6.45, 7) is 6.92. The van der Waals surface area contributed by atoms with Crippen molar-refractivity contribution >= 4 is 0 Å². The molecule has 1 atom stereocenters. The van der Waals surface area contributed by atoms with Crippen LogP contribution in [-0.2, 0) is 12.8 Å². The second kappa shape index (κ2) is 14.3. The Bertz CT molecular complexity index is 645. The Morgan fingerprint density at radius 2 is 1.28 bits per heavy atom. The minimum absolute atomic E-state index is 0.844. The highest BCUT2D eigenvalue weighted by molar-refractivity contribution is 5.55. The van der Waals surface area contributed by atoms with E-state index in [1.165, 1.54) is 88.2 Å². The molecule has 2 nitrogen and oxygen atoms in total. The van der Waals surface area contributed by atoms with Crippen molar-refractivity contribution in [3.63, 3.8) is 0 Å². The molecule has 0 amide bonds. The van der Waals surface area contributed by atoms with E-state index < -0.39 is 0 Å². The SMILES string of the molecule is CCCCCCCCc1cnc(-c2ccc(CCCCCC(C)CC)cc2)nc1. The Labute approximate surface area is 179 Å². The zero-order chi connectivity index (χ0) is 20.7. The van der Waals surface area contributed by atoms with Gasteiger partial charge in [-0.2, -0.15) is 0 Å². The molecule has 0 N–H and O–H groups in total. The maximum Gasteiger partial charge on any atom is 0.159 e. The summed E-state index contributed by atoms with van der Waals surface area (Å²) >= 11 is 0. The lowest BCUT2D eigenvalue weighted by atomic mass is 9.99. The quantitative estimate of drug-likeness (QED) is 0.284. The van der Waals surface area contributed by atoms with E-state index in [1.807, 2.05) is 12.4 Å². The molecule has 0 saturated heterocycles. The summed E-state index contributed by atoms with van der Waals surface area (Å²) in [4.78, 5) is 9.21. The maximum absolute atomic E-state index is 4.61. The largest absolute Gasteiger partial charge is 0.236 e. The first-order valence-electron chi connectivity index (χ1n) is 12.1. The lowest BCUT2D eigenvalue weighted by molar-refractivity contribution is 0.478. The first kappa shape index (κ1) is 23.6. The second-order valence-electron chi connectivity index (χ2n) is 8.74. The molecule has 1 heterocycles. The van der Waals surface area contributed by atoms with Crippen LogP contribution in [0.5, 0.6) is 0 Å². The van der Waals surface area contributed by atoms with Crippen LogP contribution in [0.15, 0.2) is 36.7 Å². The van der Waals surface area contributed by atoms with Crippen LogP contribution in [-0.4, -0.2) is 9.97 Å². The third-order valence-electron chi connectivity index (χ3n) is 6.10. The van der Waals surface area contributed by atoms with Crippen LogP contribution in [0.3, 0.4) is 0 Å². The fourth-order valence-electron chi connectivity index (χ4n) is 3.77. The summed E-state index contributed by atoms with van der Waals surface area (Å²) in [5, 5.41) is 0. The van der Waals surface area contributed by atoms with Gasteiger partial charge in [0.1, 0.15) is 0 Å². The predicted molar refractivity (Wildman–Crippen MR) is 126 cm³/mol. The summed E-state index contributed by atoms with van der Waals surface area (Å²) < 4.78 is 0. The fourth-order valence-corrected chi connectivity index (χ4v) is 3.77. The van der Waals surface area contributed by atoms with Crippen LogP contribution >= 0.6 is 0 Å². The van der Waals surface area contributed by atoms with Gasteiger partial charge in [-0.3, -0.25) is 0 Å². The average Bonchev–Trinajstić information content (AvgIpc) is 2.76. The molecule has 2 aromatic rings. The summed E-state index contributed by atoms with van der Waals surface area (Å²) in [7, 11) is 0. The van der Waals surface area contributed by atoms with Gasteiger partial charge < -0.3 is 0 Å². The fraction of sp³-hybridized carbons (Fsp3) is 0.630. The van der Waals surface area contributed by atoms with Crippen molar-refractivity contribution in [3.8, 4) is 11.4 Å². The van der Waals surface area contributed by atoms with Gasteiger partial charge in [-0.15, -0.1) is 0 Å². The molecule has 160 valence electrons. The first-order valence-corrected chi connectivity index (χ1v) is 12.1. The van der Waals surface area contributed by atoms with Crippen LogP contribution in [0.4, 0.5) is 0 Å². The van der Waals surface area contributed by atoms with Crippen LogP contribution < -0.4 is 0 Å². The van der Waals surface area contributed by atoms with Crippen molar-refractivity contribution in [3.05, 3.63) is 47.8 Å². The second-order valence-corrected chi connectivity index (χ2v) is 8.74. The summed E-state index contributed by atoms with van der Waals surface area (Å²) in [6, 6.07) is 8.85. The van der Waals surface area contributed by atoms with Gasteiger partial charge in [-0.1, -0.05) is 103 Å². The van der Waals surface area contributed by atoms with Gasteiger partial charge in [0.15, 0.2) is 5.82 Å². The molecule has 0 fully saturated rings. The van der Waals surface area contributed by atoms with Crippen LogP contribution in [0.2, 0.25) is 0 Å². The normalized spacial score (nSPS) is 12.2. The number of nitrogens with zero attached hydrogens (tertiary/aromatic N) is 2. The molecule has 2 heteroatoms. The predicted octanol–water partition coefficient (Wildman–Crippen LogP) is 8.20. The van der Waals surface area contributed by atoms with E-state index in [2.05, 4.69) is 55.0 Å². The van der Waals surface area contributed by atoms with E-state index in [-0.39, 0.29) is 0 Å². The van der Waals surface area contributed by atoms with Crippen molar-refractivity contribution in [1.82, 2.24) is 9.97 Å². The van der Waals surface area contributed by atoms with Crippen LogP contribution in [0, 0.1) is 5.92 Å². The minimum atomic E-state index is 0.844. The number of aryl methyl sites for hydroxylation is 2. The van der Waals surface area contributed by atoms with Gasteiger partial charge in [-0.25, -0.2) is 9.97 Å². The molecular weight excluding hydrogens is 352 g/mol. The Kier molecular flexibility index (Phi) is 11.6. The molecule has 0 aliphatic rings. The Hall–Kier alpha value is -1.70. The van der Waals surface area contributed by atoms with Crippen molar-refractivity contribution in [1.29, 1.82) is 0 Å². The van der Waals surface area contributed by atoms with E-state index in [0.717, 1.165) is 23.7 Å². The highest BCUT2D eigenvalue weighted by Crippen LogP contribution is 2.18. The molecule has 1 aromatic heterocycles. The van der Waals surface area contributed by atoms with Crippen molar-refractivity contribution in [2.45, 2.75) is 104 Å². The molecule has 1 unspecified atom stereocenters. The molecule has 0 aliphatic carbocycles. The van der Waals surface area contributed by atoms with Gasteiger partial charge in [0.25, 0.3) is 0 Å². The summed E-state index contributed by atoms with van der Waals surface area (Å²) in [5.74, 6) is 1.73. The summed E-state index contributed by atoms with van der Waals surface area (Å²) in [6.07, 6.45) is 21.0. The Morgan fingerprint density at radius 1 is 0.690 bits per heavy atom. The highest BCUT2D eigenvalue weighted by atomic mass is 14.9. The number of benzene rings is 1. The van der Waals surface area contributed by atoms with Crippen LogP contribution in [0.1, 0.15) is 103 Å². The van der Waals surface area contributed by atoms with E-state index in [1.54, 1.807) is 0 Å². The van der Waals surface area contributed by atoms with E-state index in [4.69, 9.17) is 0 Å². The number of rotatable bonds is 15. The molecule has 0 spiro atoms. The molecule has 0 aliphatic heterocycles. The minimum Gasteiger partial charge on any atom is -0.236 e. The lowest BCUT2D eigenvalue weighted by Gasteiger charge is -2.08. The Morgan fingerprint density at radius 3 is 1.93 bits per heavy atom. The zero-order valence-electron chi connectivity index (χ0n) is 19.1. The molecule has 0 radical (unpaired) electrons. The highest BCUT2D eigenvalue weighted by Gasteiger charge is 2.03. The molecule has 29 heavy (non-hydrogen) atoms. The van der Waals surface area contributed by atoms with Crippen molar-refractivity contribution < 1.29 is 0 Å². The van der Waals surface area contributed by atoms with E-state index in [9.17, 15) is 0 Å². The number of unbranched alkanes of at least 4 members (excludes halogenated alkanes) is 7. The number of aromatic nitrogens is 2. The van der Waals surface area contributed by atoms with Gasteiger partial charge >= 0.3 is 0 Å². The standard InChI is InChI=1S/C27H42N2/c1-4-6-7-8-9-12-16-25-21-28-27(29-22-25)26-19-17-24(18-20-26)15-13-10-11-14-23(3)5-2/h17-23H,4-16H2,1-3H3. The molecule has 1 aromatic carbocycles. The van der Waals surface area contributed by atoms with E-state index >= 15 is 0 Å². The van der Waals surface area contributed by atoms with Gasteiger partial charge in [0, 0.05) is 18.0 Å². The van der Waals surface area contributed by atoms with Crippen LogP contribution in [0.25, 0.3) is 11.4 Å². The summed E-state index contributed by atoms with van der Waals surface area (Å²) in [5.41, 5.74) is 3.81. The van der Waals surface area contributed by atoms with Gasteiger partial charge in [-0.05, 0) is 42.7 Å². The first-order chi connectivity index (χ1) is 14.2. The topological polar surface area (TPSA) is 25.8 Å². The zero-order valence-corrected chi connectivity index (χ0v) is 19.1. The smallest absolute Gasteiger partial charge is 0.159 e. The molecule has 0 bridgehead atoms. The van der Waals surface area contributed by atoms with E-state index in [0.29, 0.717) is 0 Å². The third-order valence-corrected chi connectivity index (χ3v) is 6.10.